The minimum atomic E-state index is -4.55. The summed E-state index contributed by atoms with van der Waals surface area (Å²) in [5, 5.41) is 8.49. The number of nitrogens with zero attached hydrogens (tertiary/aromatic N) is 5. The first-order valence-corrected chi connectivity index (χ1v) is 10.7. The fourth-order valence-corrected chi connectivity index (χ4v) is 3.66. The van der Waals surface area contributed by atoms with E-state index in [1.165, 1.54) is 0 Å². The minimum Gasteiger partial charge on any atom is -0.354 e. The van der Waals surface area contributed by atoms with Gasteiger partial charge in [-0.15, -0.1) is 0 Å². The van der Waals surface area contributed by atoms with Crippen LogP contribution in [0.4, 0.5) is 23.5 Å². The van der Waals surface area contributed by atoms with E-state index in [-0.39, 0.29) is 5.56 Å². The van der Waals surface area contributed by atoms with Crippen LogP contribution in [0, 0.1) is 5.82 Å². The van der Waals surface area contributed by atoms with Crippen LogP contribution in [-0.2, 0) is 13.2 Å². The van der Waals surface area contributed by atoms with E-state index in [9.17, 15) is 17.6 Å². The summed E-state index contributed by atoms with van der Waals surface area (Å²) < 4.78 is 55.1. The van der Waals surface area contributed by atoms with E-state index in [2.05, 4.69) is 25.3 Å². The molecule has 2 heterocycles. The molecule has 0 spiro atoms. The largest absolute Gasteiger partial charge is 0.416 e. The maximum absolute atomic E-state index is 14.3. The first kappa shape index (κ1) is 23.6. The van der Waals surface area contributed by atoms with Crippen molar-refractivity contribution in [3.05, 3.63) is 60.0 Å². The molecule has 4 aromatic rings. The van der Waals surface area contributed by atoms with E-state index in [4.69, 9.17) is 0 Å². The van der Waals surface area contributed by atoms with Gasteiger partial charge in [0.15, 0.2) is 5.65 Å². The van der Waals surface area contributed by atoms with E-state index >= 15 is 0 Å². The number of fused-ring (bicyclic) bond motifs is 1. The van der Waals surface area contributed by atoms with Crippen LogP contribution in [0.3, 0.4) is 0 Å². The number of nitrogens with one attached hydrogen (secondary N) is 1. The number of aromatic nitrogens is 4. The molecule has 4 rings (SSSR count). The molecule has 34 heavy (non-hydrogen) atoms. The normalized spacial score (nSPS) is 12.0. The molecule has 10 heteroatoms. The number of benzene rings is 2. The predicted octanol–water partition coefficient (Wildman–Crippen LogP) is 5.22. The summed E-state index contributed by atoms with van der Waals surface area (Å²) in [6, 6.07) is 8.95. The second kappa shape index (κ2) is 9.38. The molecular weight excluding hydrogens is 448 g/mol. The molecule has 0 radical (unpaired) electrons. The summed E-state index contributed by atoms with van der Waals surface area (Å²) >= 11 is 0. The number of rotatable bonds is 7. The van der Waals surface area contributed by atoms with Gasteiger partial charge in [-0.25, -0.2) is 14.1 Å². The molecule has 0 amide bonds. The van der Waals surface area contributed by atoms with Crippen LogP contribution in [-0.4, -0.2) is 51.8 Å². The van der Waals surface area contributed by atoms with Gasteiger partial charge in [0.2, 0.25) is 5.95 Å². The lowest BCUT2D eigenvalue weighted by Gasteiger charge is -2.10. The fourth-order valence-electron chi connectivity index (χ4n) is 3.66. The SMILES string of the molecule is CN(C)CCCNc1ncc2c(-c3ccc(-c4cc(C(F)(F)F)ccc4F)cc3)nn(C)c2n1. The number of hydrogen-bond acceptors (Lipinski definition) is 5. The van der Waals surface area contributed by atoms with Gasteiger partial charge in [-0.1, -0.05) is 24.3 Å². The topological polar surface area (TPSA) is 58.9 Å². The third kappa shape index (κ3) is 5.01. The van der Waals surface area contributed by atoms with E-state index < -0.39 is 17.6 Å². The van der Waals surface area contributed by atoms with Crippen LogP contribution in [0.2, 0.25) is 0 Å². The monoisotopic (exact) mass is 472 g/mol. The van der Waals surface area contributed by atoms with Crippen LogP contribution in [0.5, 0.6) is 0 Å². The third-order valence-electron chi connectivity index (χ3n) is 5.41. The van der Waals surface area contributed by atoms with Crippen molar-refractivity contribution in [3.63, 3.8) is 0 Å². The summed E-state index contributed by atoms with van der Waals surface area (Å²) in [4.78, 5) is 11.0. The molecule has 0 unspecified atom stereocenters. The lowest BCUT2D eigenvalue weighted by atomic mass is 10.00. The molecule has 178 valence electrons. The molecule has 0 atom stereocenters. The second-order valence-corrected chi connectivity index (χ2v) is 8.26. The van der Waals surface area contributed by atoms with Crippen LogP contribution < -0.4 is 5.32 Å². The summed E-state index contributed by atoms with van der Waals surface area (Å²) in [7, 11) is 5.81. The van der Waals surface area contributed by atoms with Crippen LogP contribution >= 0.6 is 0 Å². The van der Waals surface area contributed by atoms with Gasteiger partial charge in [0.25, 0.3) is 0 Å². The number of halogens is 4. The van der Waals surface area contributed by atoms with E-state index in [1.54, 1.807) is 42.2 Å². The van der Waals surface area contributed by atoms with Gasteiger partial charge in [0.1, 0.15) is 11.5 Å². The van der Waals surface area contributed by atoms with E-state index in [1.807, 2.05) is 14.1 Å². The molecular formula is C24H24F4N6. The molecule has 2 aromatic carbocycles. The van der Waals surface area contributed by atoms with Crippen molar-refractivity contribution in [2.45, 2.75) is 12.6 Å². The van der Waals surface area contributed by atoms with Gasteiger partial charge in [-0.3, -0.25) is 0 Å². The van der Waals surface area contributed by atoms with Gasteiger partial charge in [-0.2, -0.15) is 23.3 Å². The van der Waals surface area contributed by atoms with Crippen molar-refractivity contribution in [2.75, 3.05) is 32.5 Å². The molecule has 0 aliphatic heterocycles. The quantitative estimate of drug-likeness (QED) is 0.295. The Morgan fingerprint density at radius 3 is 2.41 bits per heavy atom. The molecule has 0 aliphatic rings. The van der Waals surface area contributed by atoms with Crippen molar-refractivity contribution in [3.8, 4) is 22.4 Å². The Kier molecular flexibility index (Phi) is 6.52. The first-order valence-electron chi connectivity index (χ1n) is 10.7. The third-order valence-corrected chi connectivity index (χ3v) is 5.41. The Hall–Kier alpha value is -3.53. The summed E-state index contributed by atoms with van der Waals surface area (Å²) in [6.45, 7) is 1.69. The van der Waals surface area contributed by atoms with Crippen molar-refractivity contribution >= 4 is 17.0 Å². The molecule has 0 aliphatic carbocycles. The van der Waals surface area contributed by atoms with Gasteiger partial charge in [0, 0.05) is 30.9 Å². The maximum atomic E-state index is 14.3. The Morgan fingerprint density at radius 1 is 1.03 bits per heavy atom. The minimum absolute atomic E-state index is 0.111. The van der Waals surface area contributed by atoms with Crippen molar-refractivity contribution in [2.24, 2.45) is 7.05 Å². The summed E-state index contributed by atoms with van der Waals surface area (Å²) in [6.07, 6.45) is -1.90. The summed E-state index contributed by atoms with van der Waals surface area (Å²) in [5.41, 5.74) is 1.33. The lowest BCUT2D eigenvalue weighted by Crippen LogP contribution is -2.17. The van der Waals surface area contributed by atoms with Crippen LogP contribution in [0.1, 0.15) is 12.0 Å². The lowest BCUT2D eigenvalue weighted by molar-refractivity contribution is -0.137. The zero-order valence-corrected chi connectivity index (χ0v) is 19.0. The molecule has 0 saturated carbocycles. The maximum Gasteiger partial charge on any atom is 0.416 e. The highest BCUT2D eigenvalue weighted by molar-refractivity contribution is 5.91. The van der Waals surface area contributed by atoms with Crippen LogP contribution in [0.15, 0.2) is 48.7 Å². The van der Waals surface area contributed by atoms with Gasteiger partial charge < -0.3 is 10.2 Å². The highest BCUT2D eigenvalue weighted by atomic mass is 19.4. The average molecular weight is 472 g/mol. The Bertz CT molecular complexity index is 1300. The zero-order valence-electron chi connectivity index (χ0n) is 19.0. The van der Waals surface area contributed by atoms with Gasteiger partial charge >= 0.3 is 6.18 Å². The molecule has 0 fully saturated rings. The number of alkyl halides is 3. The second-order valence-electron chi connectivity index (χ2n) is 8.26. The van der Waals surface area contributed by atoms with Crippen LogP contribution in [0.25, 0.3) is 33.4 Å². The Morgan fingerprint density at radius 2 is 1.74 bits per heavy atom. The standard InChI is InChI=1S/C24H24F4N6/c1-33(2)12-4-11-29-23-30-14-19-21(32-34(3)22(19)31-23)16-7-5-15(6-8-16)18-13-17(24(26,27)28)9-10-20(18)25/h5-10,13-14H,4,11-12H2,1-3H3,(H,29,30,31). The smallest absolute Gasteiger partial charge is 0.354 e. The average Bonchev–Trinajstić information content (AvgIpc) is 3.12. The van der Waals surface area contributed by atoms with Crippen molar-refractivity contribution < 1.29 is 17.6 Å². The number of hydrogen-bond donors (Lipinski definition) is 1. The molecule has 2 aromatic heterocycles. The molecule has 0 saturated heterocycles. The van der Waals surface area contributed by atoms with Crippen molar-refractivity contribution in [1.29, 1.82) is 0 Å². The Labute approximate surface area is 194 Å². The fraction of sp³-hybridized carbons (Fsp3) is 0.292. The van der Waals surface area contributed by atoms with Crippen molar-refractivity contribution in [1.82, 2.24) is 24.6 Å². The predicted molar refractivity (Wildman–Crippen MR) is 124 cm³/mol. The van der Waals surface area contributed by atoms with Gasteiger partial charge in [-0.05, 0) is 50.8 Å². The highest BCUT2D eigenvalue weighted by Gasteiger charge is 2.31. The molecule has 6 nitrogen and oxygen atoms in total. The highest BCUT2D eigenvalue weighted by Crippen LogP contribution is 2.35. The van der Waals surface area contributed by atoms with Gasteiger partial charge in [0.05, 0.1) is 10.9 Å². The molecule has 1 N–H and O–H groups in total. The molecule has 0 bridgehead atoms. The zero-order chi connectivity index (χ0) is 24.5. The number of anilines is 1. The van der Waals surface area contributed by atoms with E-state index in [0.717, 1.165) is 48.7 Å². The Balaban J connectivity index is 1.60. The summed E-state index contributed by atoms with van der Waals surface area (Å²) in [5.74, 6) is -0.209. The van der Waals surface area contributed by atoms with E-state index in [0.29, 0.717) is 22.9 Å². The first-order chi connectivity index (χ1) is 16.1. The number of aryl methyl sites for hydroxylation is 1.